The Morgan fingerprint density at radius 2 is 1.62 bits per heavy atom. The van der Waals surface area contributed by atoms with E-state index in [-0.39, 0.29) is 0 Å². The molecule has 24 heavy (non-hydrogen) atoms. The van der Waals surface area contributed by atoms with Gasteiger partial charge in [-0.25, -0.2) is 4.98 Å². The van der Waals surface area contributed by atoms with E-state index < -0.39 is 0 Å². The number of aromatic nitrogens is 1. The van der Waals surface area contributed by atoms with Crippen molar-refractivity contribution in [2.45, 2.75) is 6.92 Å². The lowest BCUT2D eigenvalue weighted by molar-refractivity contribution is 0.324. The summed E-state index contributed by atoms with van der Waals surface area (Å²) in [5, 5.41) is 0.962. The van der Waals surface area contributed by atoms with Crippen molar-refractivity contribution in [1.29, 1.82) is 0 Å². The summed E-state index contributed by atoms with van der Waals surface area (Å²) in [6.45, 7) is 2.09. The van der Waals surface area contributed by atoms with Gasteiger partial charge in [-0.05, 0) is 48.4 Å². The van der Waals surface area contributed by atoms with Crippen molar-refractivity contribution in [1.82, 2.24) is 4.98 Å². The van der Waals surface area contributed by atoms with Crippen molar-refractivity contribution in [2.75, 3.05) is 21.3 Å². The van der Waals surface area contributed by atoms with Crippen LogP contribution in [-0.4, -0.2) is 26.3 Å². The molecule has 0 spiro atoms. The lowest BCUT2D eigenvalue weighted by Crippen LogP contribution is -1.95. The Bertz CT molecular complexity index is 874. The summed E-state index contributed by atoms with van der Waals surface area (Å²) in [6.07, 6.45) is 4.00. The highest BCUT2D eigenvalue weighted by atomic mass is 32.1. The molecule has 1 heterocycles. The zero-order valence-corrected chi connectivity index (χ0v) is 14.9. The van der Waals surface area contributed by atoms with E-state index in [1.165, 1.54) is 10.3 Å². The number of nitrogens with zero attached hydrogens (tertiary/aromatic N) is 1. The van der Waals surface area contributed by atoms with Crippen LogP contribution in [0.3, 0.4) is 0 Å². The maximum atomic E-state index is 5.38. The first-order chi connectivity index (χ1) is 11.6. The SMILES string of the molecule is COc1cc(/C=C/c2nc3ccc(C)cc3s2)cc(OC)c1OC. The molecule has 0 saturated carbocycles. The fourth-order valence-corrected chi connectivity index (χ4v) is 3.45. The van der Waals surface area contributed by atoms with E-state index in [1.54, 1.807) is 32.7 Å². The molecule has 1 aromatic heterocycles. The summed E-state index contributed by atoms with van der Waals surface area (Å²) in [7, 11) is 4.82. The van der Waals surface area contributed by atoms with E-state index in [0.29, 0.717) is 17.2 Å². The minimum atomic E-state index is 0.590. The van der Waals surface area contributed by atoms with Gasteiger partial charge in [-0.2, -0.15) is 0 Å². The van der Waals surface area contributed by atoms with Gasteiger partial charge in [0.1, 0.15) is 5.01 Å². The van der Waals surface area contributed by atoms with Crippen LogP contribution in [0.5, 0.6) is 17.2 Å². The number of hydrogen-bond acceptors (Lipinski definition) is 5. The van der Waals surface area contributed by atoms with Crippen LogP contribution in [-0.2, 0) is 0 Å². The van der Waals surface area contributed by atoms with Crippen molar-refractivity contribution >= 4 is 33.7 Å². The molecule has 124 valence electrons. The molecule has 2 aromatic carbocycles. The molecule has 0 radical (unpaired) electrons. The lowest BCUT2D eigenvalue weighted by Gasteiger charge is -2.12. The monoisotopic (exact) mass is 341 g/mol. The molecule has 0 amide bonds. The topological polar surface area (TPSA) is 40.6 Å². The average molecular weight is 341 g/mol. The van der Waals surface area contributed by atoms with Crippen LogP contribution < -0.4 is 14.2 Å². The van der Waals surface area contributed by atoms with E-state index in [9.17, 15) is 0 Å². The molecule has 3 aromatic rings. The maximum Gasteiger partial charge on any atom is 0.203 e. The molecule has 0 aliphatic rings. The fourth-order valence-electron chi connectivity index (χ4n) is 2.49. The molecular formula is C19H19NO3S. The Morgan fingerprint density at radius 3 is 2.25 bits per heavy atom. The highest BCUT2D eigenvalue weighted by Crippen LogP contribution is 2.38. The van der Waals surface area contributed by atoms with Gasteiger partial charge in [0, 0.05) is 0 Å². The molecule has 5 heteroatoms. The first kappa shape index (κ1) is 16.3. The van der Waals surface area contributed by atoms with E-state index in [2.05, 4.69) is 30.1 Å². The Labute approximate surface area is 145 Å². The Kier molecular flexibility index (Phi) is 4.71. The molecular weight excluding hydrogens is 322 g/mol. The molecule has 4 nitrogen and oxygen atoms in total. The second-order valence-electron chi connectivity index (χ2n) is 5.32. The molecule has 0 bridgehead atoms. The van der Waals surface area contributed by atoms with Crippen LogP contribution in [0.2, 0.25) is 0 Å². The number of methoxy groups -OCH3 is 3. The number of thiazole rings is 1. The molecule has 0 aliphatic carbocycles. The predicted molar refractivity (Wildman–Crippen MR) is 99.4 cm³/mol. The van der Waals surface area contributed by atoms with Gasteiger partial charge in [0.05, 0.1) is 31.5 Å². The summed E-state index contributed by atoms with van der Waals surface area (Å²) in [5.41, 5.74) is 3.22. The zero-order valence-electron chi connectivity index (χ0n) is 14.1. The Morgan fingerprint density at radius 1 is 0.917 bits per heavy atom. The Hall–Kier alpha value is -2.53. The Balaban J connectivity index is 1.95. The molecule has 0 atom stereocenters. The normalized spacial score (nSPS) is 11.2. The van der Waals surface area contributed by atoms with Crippen LogP contribution in [0.1, 0.15) is 16.1 Å². The summed E-state index contributed by atoms with van der Waals surface area (Å²) >= 11 is 1.67. The second-order valence-corrected chi connectivity index (χ2v) is 6.38. The van der Waals surface area contributed by atoms with Crippen LogP contribution in [0, 0.1) is 6.92 Å². The van der Waals surface area contributed by atoms with Crippen LogP contribution >= 0.6 is 11.3 Å². The van der Waals surface area contributed by atoms with E-state index in [1.807, 2.05) is 24.3 Å². The number of rotatable bonds is 5. The highest BCUT2D eigenvalue weighted by Gasteiger charge is 2.12. The maximum absolute atomic E-state index is 5.38. The van der Waals surface area contributed by atoms with Crippen molar-refractivity contribution < 1.29 is 14.2 Å². The molecule has 3 rings (SSSR count). The first-order valence-corrected chi connectivity index (χ1v) is 8.31. The third kappa shape index (κ3) is 3.21. The lowest BCUT2D eigenvalue weighted by atomic mass is 10.1. The van der Waals surface area contributed by atoms with E-state index in [0.717, 1.165) is 16.1 Å². The van der Waals surface area contributed by atoms with Gasteiger partial charge in [-0.3, -0.25) is 0 Å². The molecule has 0 unspecified atom stereocenters. The minimum Gasteiger partial charge on any atom is -0.493 e. The van der Waals surface area contributed by atoms with E-state index in [4.69, 9.17) is 14.2 Å². The van der Waals surface area contributed by atoms with Gasteiger partial charge in [0.25, 0.3) is 0 Å². The quantitative estimate of drug-likeness (QED) is 0.668. The van der Waals surface area contributed by atoms with Crippen LogP contribution in [0.25, 0.3) is 22.4 Å². The predicted octanol–water partition coefficient (Wildman–Crippen LogP) is 4.80. The number of hydrogen-bond donors (Lipinski definition) is 0. The van der Waals surface area contributed by atoms with Gasteiger partial charge in [0.15, 0.2) is 11.5 Å². The summed E-state index contributed by atoms with van der Waals surface area (Å²) in [6, 6.07) is 10.1. The van der Waals surface area contributed by atoms with Crippen LogP contribution in [0.15, 0.2) is 30.3 Å². The van der Waals surface area contributed by atoms with Crippen molar-refractivity contribution in [3.05, 3.63) is 46.5 Å². The summed E-state index contributed by atoms with van der Waals surface area (Å²) < 4.78 is 17.3. The average Bonchev–Trinajstić information content (AvgIpc) is 3.00. The van der Waals surface area contributed by atoms with Gasteiger partial charge in [-0.15, -0.1) is 11.3 Å². The van der Waals surface area contributed by atoms with Crippen molar-refractivity contribution in [2.24, 2.45) is 0 Å². The van der Waals surface area contributed by atoms with Crippen molar-refractivity contribution in [3.63, 3.8) is 0 Å². The molecule has 0 aliphatic heterocycles. The van der Waals surface area contributed by atoms with Gasteiger partial charge < -0.3 is 14.2 Å². The fraction of sp³-hybridized carbons (Fsp3) is 0.211. The number of fused-ring (bicyclic) bond motifs is 1. The van der Waals surface area contributed by atoms with Crippen LogP contribution in [0.4, 0.5) is 0 Å². The first-order valence-electron chi connectivity index (χ1n) is 7.50. The molecule has 0 N–H and O–H groups in total. The number of aryl methyl sites for hydroxylation is 1. The zero-order chi connectivity index (χ0) is 17.1. The summed E-state index contributed by atoms with van der Waals surface area (Å²) in [5.74, 6) is 1.86. The van der Waals surface area contributed by atoms with Gasteiger partial charge in [0.2, 0.25) is 5.75 Å². The van der Waals surface area contributed by atoms with E-state index >= 15 is 0 Å². The number of benzene rings is 2. The van der Waals surface area contributed by atoms with Gasteiger partial charge >= 0.3 is 0 Å². The number of ether oxygens (including phenoxy) is 3. The smallest absolute Gasteiger partial charge is 0.203 e. The third-order valence-corrected chi connectivity index (χ3v) is 4.65. The van der Waals surface area contributed by atoms with Crippen molar-refractivity contribution in [3.8, 4) is 17.2 Å². The molecule has 0 fully saturated rings. The summed E-state index contributed by atoms with van der Waals surface area (Å²) in [4.78, 5) is 4.63. The van der Waals surface area contributed by atoms with Gasteiger partial charge in [-0.1, -0.05) is 12.1 Å². The largest absolute Gasteiger partial charge is 0.493 e. The second kappa shape index (κ2) is 6.93. The standard InChI is InChI=1S/C19H19NO3S/c1-12-5-7-14-17(9-12)24-18(20-14)8-6-13-10-15(21-2)19(23-4)16(11-13)22-3/h5-11H,1-4H3/b8-6+. The third-order valence-electron chi connectivity index (χ3n) is 3.67. The molecule has 0 saturated heterocycles. The minimum absolute atomic E-state index is 0.590. The highest BCUT2D eigenvalue weighted by molar-refractivity contribution is 7.19.